The van der Waals surface area contributed by atoms with Crippen LogP contribution in [0.25, 0.3) is 0 Å². The molecular formula is C7H17NO2. The van der Waals surface area contributed by atoms with E-state index < -0.39 is 6.10 Å². The van der Waals surface area contributed by atoms with Crippen LogP contribution in [0, 0.1) is 0 Å². The van der Waals surface area contributed by atoms with Crippen molar-refractivity contribution in [3.8, 4) is 0 Å². The highest BCUT2D eigenvalue weighted by molar-refractivity contribution is 4.58. The standard InChI is InChI=1S/C7H17NO2/c1-3-4-8(2)5-7(10)6-9/h7,9-10H,3-6H2,1-2H3. The molecule has 0 amide bonds. The number of aliphatic hydroxyl groups excluding tert-OH is 2. The first-order valence-electron chi connectivity index (χ1n) is 3.68. The van der Waals surface area contributed by atoms with Crippen molar-refractivity contribution >= 4 is 0 Å². The van der Waals surface area contributed by atoms with E-state index in [2.05, 4.69) is 6.92 Å². The van der Waals surface area contributed by atoms with Crippen LogP contribution in [-0.2, 0) is 0 Å². The summed E-state index contributed by atoms with van der Waals surface area (Å²) in [6, 6.07) is 0. The SMILES string of the molecule is CCCN(C)CC(O)CO. The molecule has 62 valence electrons. The van der Waals surface area contributed by atoms with Gasteiger partial charge in [0.15, 0.2) is 0 Å². The van der Waals surface area contributed by atoms with Crippen molar-refractivity contribution in [1.82, 2.24) is 4.90 Å². The van der Waals surface area contributed by atoms with Gasteiger partial charge in [0.25, 0.3) is 0 Å². The maximum absolute atomic E-state index is 8.96. The lowest BCUT2D eigenvalue weighted by molar-refractivity contribution is 0.0667. The second kappa shape index (κ2) is 5.65. The molecule has 0 saturated heterocycles. The molecule has 1 unspecified atom stereocenters. The third-order valence-electron chi connectivity index (χ3n) is 1.34. The summed E-state index contributed by atoms with van der Waals surface area (Å²) in [6.45, 7) is 3.47. The minimum atomic E-state index is -0.587. The summed E-state index contributed by atoms with van der Waals surface area (Å²) in [5, 5.41) is 17.4. The molecule has 0 spiro atoms. The van der Waals surface area contributed by atoms with Crippen LogP contribution in [0.4, 0.5) is 0 Å². The number of hydrogen-bond acceptors (Lipinski definition) is 3. The van der Waals surface area contributed by atoms with E-state index in [9.17, 15) is 0 Å². The predicted octanol–water partition coefficient (Wildman–Crippen LogP) is -0.319. The van der Waals surface area contributed by atoms with Gasteiger partial charge >= 0.3 is 0 Å². The zero-order valence-electron chi connectivity index (χ0n) is 6.75. The number of hydrogen-bond donors (Lipinski definition) is 2. The first-order valence-corrected chi connectivity index (χ1v) is 3.68. The van der Waals surface area contributed by atoms with E-state index in [1.165, 1.54) is 0 Å². The highest BCUT2D eigenvalue weighted by Crippen LogP contribution is 1.89. The molecule has 0 aliphatic carbocycles. The zero-order valence-corrected chi connectivity index (χ0v) is 6.75. The van der Waals surface area contributed by atoms with E-state index in [0.29, 0.717) is 6.54 Å². The van der Waals surface area contributed by atoms with E-state index in [0.717, 1.165) is 13.0 Å². The molecule has 0 aromatic rings. The van der Waals surface area contributed by atoms with Gasteiger partial charge in [-0.05, 0) is 20.0 Å². The third-order valence-corrected chi connectivity index (χ3v) is 1.34. The van der Waals surface area contributed by atoms with Gasteiger partial charge in [-0.25, -0.2) is 0 Å². The first-order chi connectivity index (χ1) is 4.70. The van der Waals surface area contributed by atoms with Crippen molar-refractivity contribution in [1.29, 1.82) is 0 Å². The van der Waals surface area contributed by atoms with Crippen molar-refractivity contribution in [2.24, 2.45) is 0 Å². The smallest absolute Gasteiger partial charge is 0.0897 e. The normalized spacial score (nSPS) is 14.1. The van der Waals surface area contributed by atoms with Gasteiger partial charge in [0, 0.05) is 6.54 Å². The van der Waals surface area contributed by atoms with E-state index in [-0.39, 0.29) is 6.61 Å². The summed E-state index contributed by atoms with van der Waals surface area (Å²) in [5.74, 6) is 0. The number of aliphatic hydroxyl groups is 2. The molecule has 0 bridgehead atoms. The largest absolute Gasteiger partial charge is 0.394 e. The van der Waals surface area contributed by atoms with Gasteiger partial charge in [0.1, 0.15) is 0 Å². The van der Waals surface area contributed by atoms with Gasteiger partial charge in [-0.2, -0.15) is 0 Å². The van der Waals surface area contributed by atoms with Crippen molar-refractivity contribution in [3.05, 3.63) is 0 Å². The van der Waals surface area contributed by atoms with Crippen LogP contribution in [0.3, 0.4) is 0 Å². The highest BCUT2D eigenvalue weighted by atomic mass is 16.3. The molecule has 10 heavy (non-hydrogen) atoms. The monoisotopic (exact) mass is 147 g/mol. The predicted molar refractivity (Wildman–Crippen MR) is 40.9 cm³/mol. The Morgan fingerprint density at radius 1 is 1.50 bits per heavy atom. The molecule has 2 N–H and O–H groups in total. The Balaban J connectivity index is 3.27. The van der Waals surface area contributed by atoms with Crippen LogP contribution >= 0.6 is 0 Å². The topological polar surface area (TPSA) is 43.7 Å². The molecule has 0 radical (unpaired) electrons. The van der Waals surface area contributed by atoms with Crippen molar-refractivity contribution in [2.75, 3.05) is 26.7 Å². The summed E-state index contributed by atoms with van der Waals surface area (Å²) in [7, 11) is 1.93. The van der Waals surface area contributed by atoms with Crippen LogP contribution in [0.1, 0.15) is 13.3 Å². The van der Waals surface area contributed by atoms with Gasteiger partial charge in [0.05, 0.1) is 12.7 Å². The summed E-state index contributed by atoms with van der Waals surface area (Å²) in [6.07, 6.45) is 0.491. The lowest BCUT2D eigenvalue weighted by atomic mass is 10.3. The Morgan fingerprint density at radius 2 is 2.10 bits per heavy atom. The van der Waals surface area contributed by atoms with Gasteiger partial charge in [-0.15, -0.1) is 0 Å². The molecule has 0 aromatic carbocycles. The number of nitrogens with zero attached hydrogens (tertiary/aromatic N) is 1. The van der Waals surface area contributed by atoms with E-state index in [1.54, 1.807) is 0 Å². The molecule has 1 atom stereocenters. The minimum Gasteiger partial charge on any atom is -0.394 e. The van der Waals surface area contributed by atoms with E-state index >= 15 is 0 Å². The summed E-state index contributed by atoms with van der Waals surface area (Å²) in [5.41, 5.74) is 0. The lowest BCUT2D eigenvalue weighted by Crippen LogP contribution is -2.31. The zero-order chi connectivity index (χ0) is 7.98. The van der Waals surface area contributed by atoms with Crippen LogP contribution in [0.2, 0.25) is 0 Å². The summed E-state index contributed by atoms with van der Waals surface area (Å²) >= 11 is 0. The second-order valence-electron chi connectivity index (χ2n) is 2.60. The maximum Gasteiger partial charge on any atom is 0.0897 e. The van der Waals surface area contributed by atoms with Gasteiger partial charge in [0.2, 0.25) is 0 Å². The number of likely N-dealkylation sites (N-methyl/N-ethyl adjacent to an activating group) is 1. The lowest BCUT2D eigenvalue weighted by Gasteiger charge is -2.17. The molecular weight excluding hydrogens is 130 g/mol. The molecule has 3 heteroatoms. The Morgan fingerprint density at radius 3 is 2.50 bits per heavy atom. The highest BCUT2D eigenvalue weighted by Gasteiger charge is 2.04. The van der Waals surface area contributed by atoms with Crippen molar-refractivity contribution in [2.45, 2.75) is 19.4 Å². The minimum absolute atomic E-state index is 0.145. The number of rotatable bonds is 5. The third kappa shape index (κ3) is 4.73. The first kappa shape index (κ1) is 9.88. The summed E-state index contributed by atoms with van der Waals surface area (Å²) in [4.78, 5) is 2.00. The molecule has 0 aliphatic rings. The van der Waals surface area contributed by atoms with Crippen LogP contribution in [0.5, 0.6) is 0 Å². The summed E-state index contributed by atoms with van der Waals surface area (Å²) < 4.78 is 0. The van der Waals surface area contributed by atoms with Gasteiger partial charge in [-0.1, -0.05) is 6.92 Å². The van der Waals surface area contributed by atoms with Gasteiger partial charge in [-0.3, -0.25) is 0 Å². The van der Waals surface area contributed by atoms with Crippen molar-refractivity contribution < 1.29 is 10.2 Å². The van der Waals surface area contributed by atoms with Crippen LogP contribution < -0.4 is 0 Å². The molecule has 0 fully saturated rings. The molecule has 0 aromatic heterocycles. The Labute approximate surface area is 62.3 Å². The molecule has 3 nitrogen and oxygen atoms in total. The van der Waals surface area contributed by atoms with E-state index in [4.69, 9.17) is 10.2 Å². The molecule has 0 aliphatic heterocycles. The fourth-order valence-electron chi connectivity index (χ4n) is 0.891. The fraction of sp³-hybridized carbons (Fsp3) is 1.00. The second-order valence-corrected chi connectivity index (χ2v) is 2.60. The van der Waals surface area contributed by atoms with Gasteiger partial charge < -0.3 is 15.1 Å². The van der Waals surface area contributed by atoms with Crippen LogP contribution in [0.15, 0.2) is 0 Å². The molecule has 0 heterocycles. The van der Waals surface area contributed by atoms with E-state index in [1.807, 2.05) is 11.9 Å². The Bertz CT molecular complexity index is 78.0. The van der Waals surface area contributed by atoms with Crippen molar-refractivity contribution in [3.63, 3.8) is 0 Å². The Hall–Kier alpha value is -0.120. The average Bonchev–Trinajstić information content (AvgIpc) is 1.88. The fourth-order valence-corrected chi connectivity index (χ4v) is 0.891. The Kier molecular flexibility index (Phi) is 5.58. The average molecular weight is 147 g/mol. The van der Waals surface area contributed by atoms with Crippen LogP contribution in [-0.4, -0.2) is 48.0 Å². The quantitative estimate of drug-likeness (QED) is 0.560. The molecule has 0 rings (SSSR count). The molecule has 0 saturated carbocycles. The maximum atomic E-state index is 8.96.